The number of phosphoric acid groups is 1. The standard InChI is InChI=1S/C50H94NO8P/c1-3-5-7-9-11-13-15-17-19-21-22-23-24-25-27-28-30-32-34-36-38-40-42-49(52)56-46-48(47-58-60(54,55)57-45-44-51)59-50(53)43-41-39-37-35-33-31-29-26-20-18-16-14-12-10-8-6-4-2/h12,14,18,20,29,31,48H,3-11,13,15-17,19,21-28,30,32-47,51H2,1-2H3,(H,54,55)/b14-12+,20-18+,31-29+/t48-/m1/s1. The SMILES string of the molecule is CCCCC/C=C/C/C=C/C/C=C/CCCCCCC(=O)O[C@H](COC(=O)CCCCCCCCCCCCCCCCCCCCCCCC)COP(=O)(O)OCCN. The number of hydrogen-bond donors (Lipinski definition) is 2. The average Bonchev–Trinajstić information content (AvgIpc) is 3.24. The van der Waals surface area contributed by atoms with Gasteiger partial charge >= 0.3 is 19.8 Å². The Hall–Kier alpha value is -1.77. The molecule has 352 valence electrons. The molecule has 0 saturated carbocycles. The van der Waals surface area contributed by atoms with Crippen molar-refractivity contribution >= 4 is 19.8 Å². The van der Waals surface area contributed by atoms with Crippen molar-refractivity contribution in [1.29, 1.82) is 0 Å². The fourth-order valence-corrected chi connectivity index (χ4v) is 7.82. The Morgan fingerprint density at radius 3 is 1.32 bits per heavy atom. The zero-order valence-corrected chi connectivity index (χ0v) is 39.8. The van der Waals surface area contributed by atoms with Gasteiger partial charge in [-0.3, -0.25) is 18.6 Å². The van der Waals surface area contributed by atoms with E-state index in [2.05, 4.69) is 50.3 Å². The van der Waals surface area contributed by atoms with Crippen LogP contribution >= 0.6 is 7.82 Å². The molecule has 1 unspecified atom stereocenters. The van der Waals surface area contributed by atoms with Gasteiger partial charge in [0.15, 0.2) is 6.10 Å². The van der Waals surface area contributed by atoms with Crippen LogP contribution in [-0.2, 0) is 32.7 Å². The first-order chi connectivity index (χ1) is 29.3. The molecule has 0 aliphatic rings. The summed E-state index contributed by atoms with van der Waals surface area (Å²) < 4.78 is 32.9. The highest BCUT2D eigenvalue weighted by atomic mass is 31.2. The molecule has 2 atom stereocenters. The first-order valence-corrected chi connectivity index (χ1v) is 26.5. The second-order valence-electron chi connectivity index (χ2n) is 16.7. The Labute approximate surface area is 369 Å². The first kappa shape index (κ1) is 58.2. The highest BCUT2D eigenvalue weighted by Gasteiger charge is 2.26. The van der Waals surface area contributed by atoms with Gasteiger partial charge in [0, 0.05) is 19.4 Å². The van der Waals surface area contributed by atoms with Crippen LogP contribution in [0.3, 0.4) is 0 Å². The molecule has 0 bridgehead atoms. The fraction of sp³-hybridized carbons (Fsp3) is 0.840. The quantitative estimate of drug-likeness (QED) is 0.0265. The van der Waals surface area contributed by atoms with Gasteiger partial charge in [-0.1, -0.05) is 211 Å². The summed E-state index contributed by atoms with van der Waals surface area (Å²) in [6, 6.07) is 0. The predicted octanol–water partition coefficient (Wildman–Crippen LogP) is 14.9. The molecule has 0 aromatic carbocycles. The molecule has 0 saturated heterocycles. The third-order valence-corrected chi connectivity index (χ3v) is 11.8. The van der Waals surface area contributed by atoms with Gasteiger partial charge in [0.25, 0.3) is 0 Å². The molecule has 3 N–H and O–H groups in total. The molecule has 0 radical (unpaired) electrons. The molecule has 0 aliphatic heterocycles. The number of rotatable bonds is 47. The Morgan fingerprint density at radius 1 is 0.500 bits per heavy atom. The molecule has 0 fully saturated rings. The van der Waals surface area contributed by atoms with Gasteiger partial charge in [0.05, 0.1) is 13.2 Å². The van der Waals surface area contributed by atoms with Crippen molar-refractivity contribution in [3.8, 4) is 0 Å². The normalized spacial score (nSPS) is 13.5. The molecule has 10 heteroatoms. The van der Waals surface area contributed by atoms with Gasteiger partial charge in [0.1, 0.15) is 6.61 Å². The van der Waals surface area contributed by atoms with E-state index in [1.807, 2.05) is 0 Å². The molecule has 0 rings (SSSR count). The van der Waals surface area contributed by atoms with E-state index in [9.17, 15) is 19.0 Å². The maximum Gasteiger partial charge on any atom is 0.472 e. The molecular formula is C50H94NO8P. The Morgan fingerprint density at radius 2 is 0.867 bits per heavy atom. The molecule has 0 amide bonds. The molecule has 0 aromatic heterocycles. The van der Waals surface area contributed by atoms with Crippen LogP contribution in [0.2, 0.25) is 0 Å². The molecule has 0 aliphatic carbocycles. The number of esters is 2. The summed E-state index contributed by atoms with van der Waals surface area (Å²) in [6.45, 7) is 3.71. The molecule has 60 heavy (non-hydrogen) atoms. The van der Waals surface area contributed by atoms with E-state index in [1.54, 1.807) is 0 Å². The van der Waals surface area contributed by atoms with Gasteiger partial charge in [-0.2, -0.15) is 0 Å². The van der Waals surface area contributed by atoms with Gasteiger partial charge < -0.3 is 20.1 Å². The lowest BCUT2D eigenvalue weighted by Gasteiger charge is -2.19. The van der Waals surface area contributed by atoms with E-state index in [0.717, 1.165) is 57.8 Å². The van der Waals surface area contributed by atoms with Crippen LogP contribution in [0.5, 0.6) is 0 Å². The Balaban J connectivity index is 4.05. The van der Waals surface area contributed by atoms with E-state index in [0.29, 0.717) is 6.42 Å². The number of phosphoric ester groups is 1. The van der Waals surface area contributed by atoms with Gasteiger partial charge in [-0.05, 0) is 51.4 Å². The summed E-state index contributed by atoms with van der Waals surface area (Å²) in [5.74, 6) is -0.844. The van der Waals surface area contributed by atoms with E-state index >= 15 is 0 Å². The molecule has 0 aromatic rings. The van der Waals surface area contributed by atoms with Gasteiger partial charge in [-0.15, -0.1) is 0 Å². The number of carbonyl (C=O) groups excluding carboxylic acids is 2. The fourth-order valence-electron chi connectivity index (χ4n) is 7.05. The monoisotopic (exact) mass is 868 g/mol. The van der Waals surface area contributed by atoms with Crippen molar-refractivity contribution in [1.82, 2.24) is 0 Å². The number of allylic oxidation sites excluding steroid dienone is 6. The third-order valence-electron chi connectivity index (χ3n) is 10.8. The lowest BCUT2D eigenvalue weighted by atomic mass is 10.0. The minimum atomic E-state index is -4.39. The lowest BCUT2D eigenvalue weighted by molar-refractivity contribution is -0.161. The average molecular weight is 868 g/mol. The summed E-state index contributed by atoms with van der Waals surface area (Å²) in [5, 5.41) is 0. The molecule has 9 nitrogen and oxygen atoms in total. The highest BCUT2D eigenvalue weighted by Crippen LogP contribution is 2.43. The molecular weight excluding hydrogens is 774 g/mol. The smallest absolute Gasteiger partial charge is 0.462 e. The van der Waals surface area contributed by atoms with E-state index < -0.39 is 26.5 Å². The van der Waals surface area contributed by atoms with Crippen LogP contribution in [0.15, 0.2) is 36.5 Å². The van der Waals surface area contributed by atoms with Crippen LogP contribution in [0.25, 0.3) is 0 Å². The van der Waals surface area contributed by atoms with Crippen molar-refractivity contribution in [2.45, 2.75) is 245 Å². The Kier molecular flexibility index (Phi) is 45.3. The van der Waals surface area contributed by atoms with Crippen LogP contribution in [0, 0.1) is 0 Å². The largest absolute Gasteiger partial charge is 0.472 e. The number of unbranched alkanes of at least 4 members (excludes halogenated alkanes) is 28. The minimum Gasteiger partial charge on any atom is -0.462 e. The summed E-state index contributed by atoms with van der Waals surface area (Å²) in [4.78, 5) is 35.0. The predicted molar refractivity (Wildman–Crippen MR) is 252 cm³/mol. The Bertz CT molecular complexity index is 1080. The van der Waals surface area contributed by atoms with Crippen molar-refractivity contribution in [2.24, 2.45) is 5.73 Å². The van der Waals surface area contributed by atoms with E-state index in [1.165, 1.54) is 148 Å². The zero-order valence-electron chi connectivity index (χ0n) is 38.9. The second kappa shape index (κ2) is 46.7. The van der Waals surface area contributed by atoms with E-state index in [-0.39, 0.29) is 38.6 Å². The second-order valence-corrected chi connectivity index (χ2v) is 18.1. The van der Waals surface area contributed by atoms with E-state index in [4.69, 9.17) is 24.3 Å². The maximum atomic E-state index is 12.6. The summed E-state index contributed by atoms with van der Waals surface area (Å²) in [7, 11) is -4.39. The lowest BCUT2D eigenvalue weighted by Crippen LogP contribution is -2.29. The first-order valence-electron chi connectivity index (χ1n) is 25.0. The van der Waals surface area contributed by atoms with Gasteiger partial charge in [-0.25, -0.2) is 4.57 Å². The molecule has 0 spiro atoms. The third kappa shape index (κ3) is 45.7. The van der Waals surface area contributed by atoms with Crippen LogP contribution in [-0.4, -0.2) is 49.3 Å². The number of hydrogen-bond acceptors (Lipinski definition) is 8. The van der Waals surface area contributed by atoms with Crippen LogP contribution in [0.4, 0.5) is 0 Å². The van der Waals surface area contributed by atoms with Crippen molar-refractivity contribution in [3.63, 3.8) is 0 Å². The van der Waals surface area contributed by atoms with Crippen LogP contribution < -0.4 is 5.73 Å². The number of ether oxygens (including phenoxy) is 2. The van der Waals surface area contributed by atoms with Gasteiger partial charge in [0.2, 0.25) is 0 Å². The topological polar surface area (TPSA) is 134 Å². The van der Waals surface area contributed by atoms with Crippen molar-refractivity contribution in [2.75, 3.05) is 26.4 Å². The summed E-state index contributed by atoms with van der Waals surface area (Å²) >= 11 is 0. The van der Waals surface area contributed by atoms with Crippen LogP contribution in [0.1, 0.15) is 239 Å². The maximum absolute atomic E-state index is 12.6. The zero-order chi connectivity index (χ0) is 43.9. The summed E-state index contributed by atoms with van der Waals surface area (Å²) in [5.41, 5.74) is 5.36. The number of nitrogens with two attached hydrogens (primary N) is 1. The van der Waals surface area contributed by atoms with Crippen molar-refractivity contribution < 1.29 is 37.6 Å². The van der Waals surface area contributed by atoms with Crippen molar-refractivity contribution in [3.05, 3.63) is 36.5 Å². The molecule has 0 heterocycles. The minimum absolute atomic E-state index is 0.0501. The highest BCUT2D eigenvalue weighted by molar-refractivity contribution is 7.47. The number of carbonyl (C=O) groups is 2. The summed E-state index contributed by atoms with van der Waals surface area (Å²) in [6.07, 6.45) is 53.3.